The summed E-state index contributed by atoms with van der Waals surface area (Å²) in [6.45, 7) is 2.13. The Hall–Kier alpha value is -2.25. The van der Waals surface area contributed by atoms with E-state index in [0.717, 1.165) is 11.1 Å². The molecular formula is C18H23NO5S. The largest absolute Gasteiger partial charge is 0.497 e. The second-order valence-corrected chi connectivity index (χ2v) is 7.25. The van der Waals surface area contributed by atoms with Crippen LogP contribution in [0.1, 0.15) is 11.1 Å². The van der Waals surface area contributed by atoms with E-state index in [1.54, 1.807) is 51.7 Å². The lowest BCUT2D eigenvalue weighted by Crippen LogP contribution is -2.26. The molecule has 0 amide bonds. The van der Waals surface area contributed by atoms with E-state index < -0.39 is 10.0 Å². The third-order valence-corrected chi connectivity index (χ3v) is 5.26. The van der Waals surface area contributed by atoms with E-state index >= 15 is 0 Å². The molecule has 0 fully saturated rings. The van der Waals surface area contributed by atoms with Gasteiger partial charge in [-0.15, -0.1) is 0 Å². The van der Waals surface area contributed by atoms with Crippen molar-refractivity contribution in [3.8, 4) is 17.2 Å². The van der Waals surface area contributed by atoms with Crippen molar-refractivity contribution in [2.45, 2.75) is 18.2 Å². The smallest absolute Gasteiger partial charge is 0.240 e. The number of benzene rings is 2. The predicted molar refractivity (Wildman–Crippen MR) is 96.2 cm³/mol. The highest BCUT2D eigenvalue weighted by atomic mass is 32.2. The van der Waals surface area contributed by atoms with Gasteiger partial charge in [-0.2, -0.15) is 0 Å². The Labute approximate surface area is 148 Å². The van der Waals surface area contributed by atoms with E-state index in [4.69, 9.17) is 14.2 Å². The summed E-state index contributed by atoms with van der Waals surface area (Å²) in [6, 6.07) is 10.2. The number of sulfonamides is 1. The molecule has 1 N–H and O–H groups in total. The zero-order valence-corrected chi connectivity index (χ0v) is 15.6. The molecule has 0 aliphatic heterocycles. The van der Waals surface area contributed by atoms with Crippen LogP contribution in [0.25, 0.3) is 0 Å². The van der Waals surface area contributed by atoms with Gasteiger partial charge in [-0.05, 0) is 31.5 Å². The summed E-state index contributed by atoms with van der Waals surface area (Å²) < 4.78 is 43.2. The Morgan fingerprint density at radius 3 is 2.20 bits per heavy atom. The molecule has 2 aromatic rings. The first-order chi connectivity index (χ1) is 11.9. The summed E-state index contributed by atoms with van der Waals surface area (Å²) >= 11 is 0. The summed E-state index contributed by atoms with van der Waals surface area (Å²) in [5, 5.41) is 0. The second kappa shape index (κ2) is 8.22. The molecule has 0 radical (unpaired) electrons. The molecule has 25 heavy (non-hydrogen) atoms. The number of nitrogens with one attached hydrogen (secondary N) is 1. The van der Waals surface area contributed by atoms with Crippen molar-refractivity contribution >= 4 is 10.0 Å². The molecule has 0 saturated carbocycles. The van der Waals surface area contributed by atoms with Crippen LogP contribution in [-0.2, 0) is 16.4 Å². The van der Waals surface area contributed by atoms with Crippen LogP contribution in [-0.4, -0.2) is 36.3 Å². The predicted octanol–water partition coefficient (Wildman–Crippen LogP) is 2.54. The zero-order valence-electron chi connectivity index (χ0n) is 14.8. The van der Waals surface area contributed by atoms with Crippen molar-refractivity contribution in [3.63, 3.8) is 0 Å². The van der Waals surface area contributed by atoms with Crippen molar-refractivity contribution in [3.05, 3.63) is 47.5 Å². The summed E-state index contributed by atoms with van der Waals surface area (Å²) in [5.74, 6) is 1.73. The fourth-order valence-electron chi connectivity index (χ4n) is 2.44. The highest BCUT2D eigenvalue weighted by molar-refractivity contribution is 7.89. The fourth-order valence-corrected chi connectivity index (χ4v) is 3.47. The molecule has 0 aliphatic rings. The van der Waals surface area contributed by atoms with Gasteiger partial charge in [0.15, 0.2) is 11.5 Å². The first kappa shape index (κ1) is 19.1. The molecule has 0 atom stereocenters. The summed E-state index contributed by atoms with van der Waals surface area (Å²) in [5.41, 5.74) is 1.80. The van der Waals surface area contributed by atoms with E-state index in [9.17, 15) is 8.42 Å². The molecule has 0 aromatic heterocycles. The third-order valence-electron chi connectivity index (χ3n) is 3.78. The Morgan fingerprint density at radius 1 is 0.960 bits per heavy atom. The minimum absolute atomic E-state index is 0.225. The number of aryl methyl sites for hydroxylation is 1. The number of methoxy groups -OCH3 is 3. The molecule has 0 aliphatic carbocycles. The van der Waals surface area contributed by atoms with E-state index in [0.29, 0.717) is 23.7 Å². The Balaban J connectivity index is 2.14. The highest BCUT2D eigenvalue weighted by Crippen LogP contribution is 2.35. The second-order valence-electron chi connectivity index (χ2n) is 5.48. The van der Waals surface area contributed by atoms with Gasteiger partial charge in [-0.1, -0.05) is 17.7 Å². The topological polar surface area (TPSA) is 73.9 Å². The number of ether oxygens (including phenoxy) is 3. The maximum atomic E-state index is 12.3. The minimum Gasteiger partial charge on any atom is -0.497 e. The highest BCUT2D eigenvalue weighted by Gasteiger charge is 2.16. The average molecular weight is 365 g/mol. The van der Waals surface area contributed by atoms with Crippen molar-refractivity contribution in [1.82, 2.24) is 4.72 Å². The number of rotatable bonds is 8. The lowest BCUT2D eigenvalue weighted by Gasteiger charge is -2.15. The van der Waals surface area contributed by atoms with E-state index in [1.165, 1.54) is 0 Å². The lowest BCUT2D eigenvalue weighted by atomic mass is 10.1. The molecule has 0 heterocycles. The van der Waals surface area contributed by atoms with Crippen molar-refractivity contribution in [1.29, 1.82) is 0 Å². The summed E-state index contributed by atoms with van der Waals surface area (Å²) in [4.78, 5) is 0.244. The third kappa shape index (κ3) is 4.64. The van der Waals surface area contributed by atoms with Gasteiger partial charge in [0.25, 0.3) is 0 Å². The van der Waals surface area contributed by atoms with Crippen molar-refractivity contribution < 1.29 is 22.6 Å². The summed E-state index contributed by atoms with van der Waals surface area (Å²) in [7, 11) is 1.10. The maximum absolute atomic E-state index is 12.3. The van der Waals surface area contributed by atoms with Gasteiger partial charge in [-0.3, -0.25) is 0 Å². The monoisotopic (exact) mass is 365 g/mol. The van der Waals surface area contributed by atoms with Crippen LogP contribution in [0.2, 0.25) is 0 Å². The van der Waals surface area contributed by atoms with Crippen LogP contribution in [0, 0.1) is 6.92 Å². The molecule has 0 unspecified atom stereocenters. The van der Waals surface area contributed by atoms with Crippen molar-refractivity contribution in [2.75, 3.05) is 27.9 Å². The van der Waals surface area contributed by atoms with Crippen molar-refractivity contribution in [2.24, 2.45) is 0 Å². The zero-order chi connectivity index (χ0) is 18.4. The molecular weight excluding hydrogens is 342 g/mol. The first-order valence-electron chi connectivity index (χ1n) is 7.76. The van der Waals surface area contributed by atoms with Gasteiger partial charge < -0.3 is 14.2 Å². The molecule has 0 saturated heterocycles. The van der Waals surface area contributed by atoms with Gasteiger partial charge in [0.1, 0.15) is 5.75 Å². The normalized spacial score (nSPS) is 11.2. The van der Waals surface area contributed by atoms with Gasteiger partial charge >= 0.3 is 0 Å². The van der Waals surface area contributed by atoms with Gasteiger partial charge in [0.2, 0.25) is 10.0 Å². The van der Waals surface area contributed by atoms with Crippen LogP contribution in [0.4, 0.5) is 0 Å². The van der Waals surface area contributed by atoms with Crippen LogP contribution in [0.3, 0.4) is 0 Å². The standard InChI is InChI=1S/C18H23NO5S/c1-13-5-7-16(8-6-13)25(20,21)19-10-9-14-11-15(22-2)12-17(23-3)18(14)24-4/h5-8,11-12,19H,9-10H2,1-4H3. The minimum atomic E-state index is -3.55. The number of hydrogen-bond donors (Lipinski definition) is 1. The van der Waals surface area contributed by atoms with Gasteiger partial charge in [0.05, 0.1) is 26.2 Å². The molecule has 2 rings (SSSR count). The SMILES string of the molecule is COc1cc(CCNS(=O)(=O)c2ccc(C)cc2)c(OC)c(OC)c1. The Bertz CT molecular complexity index is 816. The van der Waals surface area contributed by atoms with Crippen LogP contribution in [0.15, 0.2) is 41.3 Å². The maximum Gasteiger partial charge on any atom is 0.240 e. The Morgan fingerprint density at radius 2 is 1.64 bits per heavy atom. The van der Waals surface area contributed by atoms with E-state index in [2.05, 4.69) is 4.72 Å². The van der Waals surface area contributed by atoms with Crippen LogP contribution < -0.4 is 18.9 Å². The Kier molecular flexibility index (Phi) is 6.27. The molecule has 6 nitrogen and oxygen atoms in total. The molecule has 0 spiro atoms. The van der Waals surface area contributed by atoms with Crippen LogP contribution in [0.5, 0.6) is 17.2 Å². The molecule has 136 valence electrons. The average Bonchev–Trinajstić information content (AvgIpc) is 2.61. The van der Waals surface area contributed by atoms with Gasteiger partial charge in [-0.25, -0.2) is 13.1 Å². The quantitative estimate of drug-likeness (QED) is 0.778. The van der Waals surface area contributed by atoms with E-state index in [1.807, 2.05) is 13.0 Å². The van der Waals surface area contributed by atoms with Gasteiger partial charge in [0, 0.05) is 18.2 Å². The molecule has 0 bridgehead atoms. The molecule has 7 heteroatoms. The lowest BCUT2D eigenvalue weighted by molar-refractivity contribution is 0.345. The first-order valence-corrected chi connectivity index (χ1v) is 9.25. The fraction of sp³-hybridized carbons (Fsp3) is 0.333. The van der Waals surface area contributed by atoms with E-state index in [-0.39, 0.29) is 11.4 Å². The molecule has 2 aromatic carbocycles. The van der Waals surface area contributed by atoms with Crippen LogP contribution >= 0.6 is 0 Å². The summed E-state index contributed by atoms with van der Waals surface area (Å²) in [6.07, 6.45) is 0.432. The number of hydrogen-bond acceptors (Lipinski definition) is 5.